The van der Waals surface area contributed by atoms with Crippen molar-refractivity contribution < 1.29 is 5.11 Å². The lowest BCUT2D eigenvalue weighted by Gasteiger charge is -2.26. The van der Waals surface area contributed by atoms with Gasteiger partial charge in [-0.3, -0.25) is 0 Å². The van der Waals surface area contributed by atoms with Gasteiger partial charge in [-0.2, -0.15) is 0 Å². The Morgan fingerprint density at radius 3 is 3.00 bits per heavy atom. The van der Waals surface area contributed by atoms with E-state index >= 15 is 0 Å². The van der Waals surface area contributed by atoms with Gasteiger partial charge in [0.15, 0.2) is 5.11 Å². The van der Waals surface area contributed by atoms with E-state index in [2.05, 4.69) is 10.2 Å². The van der Waals surface area contributed by atoms with Crippen LogP contribution in [0.5, 0.6) is 5.75 Å². The lowest BCUT2D eigenvalue weighted by Crippen LogP contribution is -2.37. The van der Waals surface area contributed by atoms with Crippen LogP contribution in [0.4, 0.5) is 0 Å². The van der Waals surface area contributed by atoms with Gasteiger partial charge in [0, 0.05) is 24.9 Å². The van der Waals surface area contributed by atoms with Crippen molar-refractivity contribution in [2.75, 3.05) is 19.3 Å². The standard InChI is InChI=1S/C11H14N2OS2/c1-12-11(15)13-6-7-16-10(13)8-4-2-3-5-9(8)14/h2-5,10,14H,6-7H2,1H3,(H,12,15). The molecule has 1 fully saturated rings. The first-order chi connectivity index (χ1) is 7.74. The first kappa shape index (κ1) is 11.5. The second-order valence-corrected chi connectivity index (χ2v) is 5.11. The molecule has 0 bridgehead atoms. The van der Waals surface area contributed by atoms with E-state index in [4.69, 9.17) is 12.2 Å². The minimum Gasteiger partial charge on any atom is -0.508 e. The molecule has 1 aromatic carbocycles. The molecule has 5 heteroatoms. The summed E-state index contributed by atoms with van der Waals surface area (Å²) >= 11 is 7.06. The van der Waals surface area contributed by atoms with Crippen molar-refractivity contribution in [3.63, 3.8) is 0 Å². The molecule has 0 amide bonds. The summed E-state index contributed by atoms with van der Waals surface area (Å²) in [4.78, 5) is 2.11. The SMILES string of the molecule is CNC(=S)N1CCSC1c1ccccc1O. The first-order valence-electron chi connectivity index (χ1n) is 5.12. The number of hydrogen-bond donors (Lipinski definition) is 2. The number of benzene rings is 1. The van der Waals surface area contributed by atoms with Gasteiger partial charge in [0.2, 0.25) is 0 Å². The van der Waals surface area contributed by atoms with Gasteiger partial charge in [-0.1, -0.05) is 18.2 Å². The molecular formula is C11H14N2OS2. The quantitative estimate of drug-likeness (QED) is 0.749. The van der Waals surface area contributed by atoms with Crippen LogP contribution in [0.3, 0.4) is 0 Å². The molecule has 0 aliphatic carbocycles. The predicted molar refractivity (Wildman–Crippen MR) is 71.7 cm³/mol. The third-order valence-electron chi connectivity index (χ3n) is 2.57. The summed E-state index contributed by atoms with van der Waals surface area (Å²) in [5.74, 6) is 1.37. The van der Waals surface area contributed by atoms with Gasteiger partial charge in [-0.25, -0.2) is 0 Å². The molecule has 1 aliphatic rings. The third-order valence-corrected chi connectivity index (χ3v) is 4.25. The van der Waals surface area contributed by atoms with Crippen LogP contribution in [0.1, 0.15) is 10.9 Å². The van der Waals surface area contributed by atoms with E-state index in [-0.39, 0.29) is 5.37 Å². The maximum Gasteiger partial charge on any atom is 0.169 e. The molecule has 0 saturated carbocycles. The molecule has 1 saturated heterocycles. The van der Waals surface area contributed by atoms with Crippen molar-refractivity contribution in [1.29, 1.82) is 0 Å². The minimum atomic E-state index is 0.126. The van der Waals surface area contributed by atoms with Gasteiger partial charge in [0.25, 0.3) is 0 Å². The lowest BCUT2D eigenvalue weighted by atomic mass is 10.2. The molecule has 0 aromatic heterocycles. The van der Waals surface area contributed by atoms with E-state index in [9.17, 15) is 5.11 Å². The second-order valence-electron chi connectivity index (χ2n) is 3.53. The molecule has 0 spiro atoms. The Balaban J connectivity index is 2.27. The van der Waals surface area contributed by atoms with E-state index in [1.165, 1.54) is 0 Å². The van der Waals surface area contributed by atoms with Gasteiger partial charge in [0.1, 0.15) is 11.1 Å². The fourth-order valence-electron chi connectivity index (χ4n) is 1.78. The van der Waals surface area contributed by atoms with Gasteiger partial charge in [-0.15, -0.1) is 11.8 Å². The van der Waals surface area contributed by atoms with Gasteiger partial charge in [0.05, 0.1) is 0 Å². The number of nitrogens with one attached hydrogen (secondary N) is 1. The monoisotopic (exact) mass is 254 g/mol. The molecular weight excluding hydrogens is 240 g/mol. The van der Waals surface area contributed by atoms with E-state index in [0.717, 1.165) is 23.0 Å². The number of phenolic OH excluding ortho intramolecular Hbond substituents is 1. The van der Waals surface area contributed by atoms with Gasteiger partial charge in [-0.05, 0) is 18.3 Å². The van der Waals surface area contributed by atoms with Gasteiger partial charge < -0.3 is 15.3 Å². The molecule has 2 rings (SSSR count). The molecule has 16 heavy (non-hydrogen) atoms. The zero-order valence-corrected chi connectivity index (χ0v) is 10.6. The number of para-hydroxylation sites is 1. The molecule has 1 atom stereocenters. The van der Waals surface area contributed by atoms with Crippen molar-refractivity contribution in [2.45, 2.75) is 5.37 Å². The molecule has 2 N–H and O–H groups in total. The highest BCUT2D eigenvalue weighted by atomic mass is 32.2. The van der Waals surface area contributed by atoms with Crippen molar-refractivity contribution in [3.8, 4) is 5.75 Å². The van der Waals surface area contributed by atoms with E-state index in [1.807, 2.05) is 25.2 Å². The number of thiocarbonyl (C=S) groups is 1. The highest BCUT2D eigenvalue weighted by Gasteiger charge is 2.29. The van der Waals surface area contributed by atoms with Crippen LogP contribution in [0.2, 0.25) is 0 Å². The Morgan fingerprint density at radius 1 is 1.56 bits per heavy atom. The molecule has 0 radical (unpaired) electrons. The molecule has 1 aromatic rings. The third kappa shape index (κ3) is 2.10. The Morgan fingerprint density at radius 2 is 2.31 bits per heavy atom. The molecule has 1 aliphatic heterocycles. The highest BCUT2D eigenvalue weighted by Crippen LogP contribution is 2.41. The van der Waals surface area contributed by atoms with Crippen LogP contribution in [0.25, 0.3) is 0 Å². The summed E-state index contributed by atoms with van der Waals surface area (Å²) in [5.41, 5.74) is 0.933. The maximum absolute atomic E-state index is 9.84. The summed E-state index contributed by atoms with van der Waals surface area (Å²) in [5, 5.41) is 13.7. The molecule has 3 nitrogen and oxygen atoms in total. The summed E-state index contributed by atoms with van der Waals surface area (Å²) in [6.07, 6.45) is 0. The predicted octanol–water partition coefficient (Wildman–Crippen LogP) is 1.94. The van der Waals surface area contributed by atoms with E-state index < -0.39 is 0 Å². The first-order valence-corrected chi connectivity index (χ1v) is 6.57. The Kier molecular flexibility index (Phi) is 3.56. The summed E-state index contributed by atoms with van der Waals surface area (Å²) in [6.45, 7) is 0.920. The fourth-order valence-corrected chi connectivity index (χ4v) is 3.33. The fraction of sp³-hybridized carbons (Fsp3) is 0.364. The van der Waals surface area contributed by atoms with Crippen molar-refractivity contribution in [3.05, 3.63) is 29.8 Å². The lowest BCUT2D eigenvalue weighted by molar-refractivity contribution is 0.418. The highest BCUT2D eigenvalue weighted by molar-refractivity contribution is 7.99. The largest absolute Gasteiger partial charge is 0.508 e. The molecule has 1 unspecified atom stereocenters. The average molecular weight is 254 g/mol. The Bertz CT molecular complexity index is 397. The van der Waals surface area contributed by atoms with E-state index in [0.29, 0.717) is 5.75 Å². The van der Waals surface area contributed by atoms with Crippen LogP contribution >= 0.6 is 24.0 Å². The number of rotatable bonds is 1. The van der Waals surface area contributed by atoms with Gasteiger partial charge >= 0.3 is 0 Å². The van der Waals surface area contributed by atoms with E-state index in [1.54, 1.807) is 17.8 Å². The molecule has 86 valence electrons. The average Bonchev–Trinajstić information content (AvgIpc) is 2.77. The zero-order valence-electron chi connectivity index (χ0n) is 9.01. The van der Waals surface area contributed by atoms with Crippen molar-refractivity contribution in [1.82, 2.24) is 10.2 Å². The Hall–Kier alpha value is -0.940. The number of hydrogen-bond acceptors (Lipinski definition) is 3. The van der Waals surface area contributed by atoms with Crippen LogP contribution in [-0.2, 0) is 0 Å². The summed E-state index contributed by atoms with van der Waals surface area (Å²) in [6, 6.07) is 7.44. The maximum atomic E-state index is 9.84. The second kappa shape index (κ2) is 4.93. The number of phenols is 1. The van der Waals surface area contributed by atoms with Crippen molar-refractivity contribution >= 4 is 29.1 Å². The van der Waals surface area contributed by atoms with Crippen LogP contribution in [0.15, 0.2) is 24.3 Å². The summed E-state index contributed by atoms with van der Waals surface area (Å²) in [7, 11) is 1.83. The van der Waals surface area contributed by atoms with Crippen LogP contribution in [0, 0.1) is 0 Å². The molecule has 1 heterocycles. The Labute approximate surface area is 105 Å². The topological polar surface area (TPSA) is 35.5 Å². The normalized spacial score (nSPS) is 19.8. The number of thioether (sulfide) groups is 1. The smallest absolute Gasteiger partial charge is 0.169 e. The van der Waals surface area contributed by atoms with Crippen LogP contribution in [-0.4, -0.2) is 34.5 Å². The minimum absolute atomic E-state index is 0.126. The zero-order chi connectivity index (χ0) is 11.5. The number of nitrogens with zero attached hydrogens (tertiary/aromatic N) is 1. The van der Waals surface area contributed by atoms with Crippen LogP contribution < -0.4 is 5.32 Å². The number of aromatic hydroxyl groups is 1. The summed E-state index contributed by atoms with van der Waals surface area (Å²) < 4.78 is 0. The van der Waals surface area contributed by atoms with Crippen molar-refractivity contribution in [2.24, 2.45) is 0 Å².